The molecule has 0 radical (unpaired) electrons. The molecule has 6 aromatic carbocycles. The fraction of sp³-hybridized carbons (Fsp3) is 0.0455. The Kier molecular flexibility index (Phi) is 9.99. The summed E-state index contributed by atoms with van der Waals surface area (Å²) in [7, 11) is -1.89. The lowest BCUT2D eigenvalue weighted by atomic mass is 10.4. The van der Waals surface area contributed by atoms with E-state index in [4.69, 9.17) is 18.8 Å². The molecule has 0 aliphatic heterocycles. The van der Waals surface area contributed by atoms with Crippen LogP contribution in [0, 0.1) is 13.8 Å². The molecule has 8 aromatic rings. The van der Waals surface area contributed by atoms with Gasteiger partial charge < -0.3 is 8.83 Å². The van der Waals surface area contributed by atoms with E-state index in [2.05, 4.69) is 182 Å². The highest BCUT2D eigenvalue weighted by Gasteiger charge is 2.55. The summed E-state index contributed by atoms with van der Waals surface area (Å²) >= 11 is 0. The molecular formula is C44H36N2O2P2S2+2. The molecule has 0 fully saturated rings. The number of aryl methyl sites for hydroxylation is 2. The first-order valence-electron chi connectivity index (χ1n) is 17.0. The molecule has 0 N–H and O–H groups in total. The van der Waals surface area contributed by atoms with Crippen molar-refractivity contribution in [1.82, 2.24) is 9.97 Å². The van der Waals surface area contributed by atoms with E-state index in [1.54, 1.807) is 21.6 Å². The number of oxazole rings is 2. The standard InChI is InChI=1S/C44H36N2O2P2S2/c1-33-45-41(49(35-21-9-3-10-22-35,36-23-11-4-12-24-36)37-25-13-5-14-26-37)43(47-33)51-52-44-42(46-34(2)48-44)50(38-27-15-6-16-28-38,39-29-17-7-18-30-39)40-31-19-8-20-32-40/h3-32H,1-2H3/q+2. The molecule has 8 rings (SSSR count). The topological polar surface area (TPSA) is 52.1 Å². The van der Waals surface area contributed by atoms with Crippen LogP contribution in [0.25, 0.3) is 0 Å². The van der Waals surface area contributed by atoms with Crippen molar-refractivity contribution in [1.29, 1.82) is 0 Å². The first kappa shape index (κ1) is 34.4. The van der Waals surface area contributed by atoms with Crippen LogP contribution in [0.2, 0.25) is 0 Å². The Balaban J connectivity index is 1.32. The Hall–Kier alpha value is -4.70. The molecule has 0 saturated heterocycles. The van der Waals surface area contributed by atoms with Crippen LogP contribution >= 0.6 is 36.1 Å². The molecule has 52 heavy (non-hydrogen) atoms. The molecule has 0 bridgehead atoms. The number of aromatic nitrogens is 2. The van der Waals surface area contributed by atoms with E-state index in [-0.39, 0.29) is 0 Å². The van der Waals surface area contributed by atoms with E-state index < -0.39 is 14.5 Å². The summed E-state index contributed by atoms with van der Waals surface area (Å²) in [6.07, 6.45) is 0. The van der Waals surface area contributed by atoms with Gasteiger partial charge in [-0.1, -0.05) is 109 Å². The van der Waals surface area contributed by atoms with Gasteiger partial charge in [0.05, 0.1) is 0 Å². The number of nitrogens with zero attached hydrogens (tertiary/aromatic N) is 2. The Morgan fingerprint density at radius 3 is 0.769 bits per heavy atom. The van der Waals surface area contributed by atoms with Crippen LogP contribution in [0.3, 0.4) is 0 Å². The minimum atomic E-state index is -2.50. The number of rotatable bonds is 11. The first-order valence-corrected chi connectivity index (χ1v) is 22.8. The van der Waals surface area contributed by atoms with Crippen molar-refractivity contribution < 1.29 is 8.83 Å². The van der Waals surface area contributed by atoms with Gasteiger partial charge in [0.2, 0.25) is 10.2 Å². The zero-order valence-electron chi connectivity index (χ0n) is 28.7. The van der Waals surface area contributed by atoms with E-state index >= 15 is 0 Å². The van der Waals surface area contributed by atoms with Crippen molar-refractivity contribution in [2.45, 2.75) is 24.0 Å². The van der Waals surface area contributed by atoms with Crippen molar-refractivity contribution in [3.63, 3.8) is 0 Å². The van der Waals surface area contributed by atoms with E-state index in [1.807, 2.05) is 13.8 Å². The fourth-order valence-corrected chi connectivity index (χ4v) is 18.4. The van der Waals surface area contributed by atoms with Gasteiger partial charge >= 0.3 is 0 Å². The predicted molar refractivity (Wildman–Crippen MR) is 224 cm³/mol. The molecule has 2 heterocycles. The SMILES string of the molecule is Cc1nc([P+](c2ccccc2)(c2ccccc2)c2ccccc2)c(SSc2oc(C)nc2[P+](c2ccccc2)(c2ccccc2)c2ccccc2)o1. The van der Waals surface area contributed by atoms with E-state index in [9.17, 15) is 0 Å². The highest BCUT2D eigenvalue weighted by atomic mass is 33.1. The van der Waals surface area contributed by atoms with Crippen molar-refractivity contribution >= 4 is 78.8 Å². The summed E-state index contributed by atoms with van der Waals surface area (Å²) in [5, 5.41) is 8.80. The van der Waals surface area contributed by atoms with Gasteiger partial charge in [0, 0.05) is 13.8 Å². The largest absolute Gasteiger partial charge is 0.429 e. The Morgan fingerprint density at radius 2 is 0.558 bits per heavy atom. The highest BCUT2D eigenvalue weighted by Crippen LogP contribution is 2.59. The van der Waals surface area contributed by atoms with Gasteiger partial charge in [0.15, 0.2) is 26.3 Å². The number of hydrogen-bond donors (Lipinski definition) is 0. The molecule has 4 nitrogen and oxygen atoms in total. The lowest BCUT2D eigenvalue weighted by Gasteiger charge is -2.26. The summed E-state index contributed by atoms with van der Waals surface area (Å²) in [4.78, 5) is 10.5. The fourth-order valence-electron chi connectivity index (χ4n) is 6.94. The van der Waals surface area contributed by atoms with E-state index in [0.29, 0.717) is 11.8 Å². The predicted octanol–water partition coefficient (Wildman–Crippen LogP) is 8.32. The maximum Gasteiger partial charge on any atom is 0.251 e. The van der Waals surface area contributed by atoms with Crippen molar-refractivity contribution in [3.05, 3.63) is 194 Å². The van der Waals surface area contributed by atoms with E-state index in [0.717, 1.165) is 21.1 Å². The summed E-state index contributed by atoms with van der Waals surface area (Å²) in [6.45, 7) is 3.88. The zero-order valence-corrected chi connectivity index (χ0v) is 32.2. The van der Waals surface area contributed by atoms with Crippen LogP contribution in [-0.4, -0.2) is 9.97 Å². The zero-order chi connectivity index (χ0) is 35.4. The van der Waals surface area contributed by atoms with Crippen LogP contribution in [0.5, 0.6) is 0 Å². The van der Waals surface area contributed by atoms with E-state index in [1.165, 1.54) is 31.8 Å². The third-order valence-corrected chi connectivity index (χ3v) is 19.8. The van der Waals surface area contributed by atoms with Gasteiger partial charge in [0.25, 0.3) is 10.9 Å². The molecule has 0 spiro atoms. The molecule has 0 atom stereocenters. The lowest BCUT2D eigenvalue weighted by Crippen LogP contribution is -2.40. The molecule has 0 aliphatic carbocycles. The van der Waals surface area contributed by atoms with Gasteiger partial charge in [-0.2, -0.15) is 9.97 Å². The van der Waals surface area contributed by atoms with Gasteiger partial charge in [0.1, 0.15) is 31.8 Å². The summed E-state index contributed by atoms with van der Waals surface area (Å²) in [5.41, 5.74) is 1.89. The highest BCUT2D eigenvalue weighted by molar-refractivity contribution is 8.76. The minimum absolute atomic E-state index is 0.624. The monoisotopic (exact) mass is 750 g/mol. The van der Waals surface area contributed by atoms with Crippen molar-refractivity contribution in [2.75, 3.05) is 0 Å². The smallest absolute Gasteiger partial charge is 0.251 e. The van der Waals surface area contributed by atoms with Crippen molar-refractivity contribution in [3.8, 4) is 0 Å². The van der Waals surface area contributed by atoms with Crippen LogP contribution in [0.1, 0.15) is 11.8 Å². The second-order valence-electron chi connectivity index (χ2n) is 12.2. The van der Waals surface area contributed by atoms with Gasteiger partial charge in [-0.25, -0.2) is 0 Å². The first-order chi connectivity index (χ1) is 25.6. The molecule has 0 unspecified atom stereocenters. The summed E-state index contributed by atoms with van der Waals surface area (Å²) in [5.74, 6) is 1.25. The molecule has 0 amide bonds. The lowest BCUT2D eigenvalue weighted by molar-refractivity contribution is 0.442. The Morgan fingerprint density at radius 1 is 0.346 bits per heavy atom. The molecule has 2 aromatic heterocycles. The van der Waals surface area contributed by atoms with Crippen molar-refractivity contribution in [2.24, 2.45) is 0 Å². The summed E-state index contributed by atoms with van der Waals surface area (Å²) < 4.78 is 13.2. The minimum Gasteiger partial charge on any atom is -0.429 e. The van der Waals surface area contributed by atoms with Gasteiger partial charge in [-0.15, -0.1) is 0 Å². The second-order valence-corrected chi connectivity index (χ2v) is 20.9. The Bertz CT molecular complexity index is 2010. The molecule has 8 heteroatoms. The normalized spacial score (nSPS) is 11.8. The molecular weight excluding hydrogens is 715 g/mol. The Labute approximate surface area is 313 Å². The van der Waals surface area contributed by atoms with Gasteiger partial charge in [-0.3, -0.25) is 0 Å². The quantitative estimate of drug-likeness (QED) is 0.0980. The number of hydrogen-bond acceptors (Lipinski definition) is 6. The maximum atomic E-state index is 6.60. The second kappa shape index (κ2) is 15.1. The average Bonchev–Trinajstić information content (AvgIpc) is 3.78. The third kappa shape index (κ3) is 6.14. The molecule has 254 valence electrons. The van der Waals surface area contributed by atoms with Crippen LogP contribution in [0.4, 0.5) is 0 Å². The van der Waals surface area contributed by atoms with Gasteiger partial charge in [-0.05, 0) is 94.4 Å². The van der Waals surface area contributed by atoms with Crippen LogP contribution in [-0.2, 0) is 0 Å². The summed E-state index contributed by atoms with van der Waals surface area (Å²) in [6, 6.07) is 64.6. The maximum absolute atomic E-state index is 6.60. The number of benzene rings is 6. The average molecular weight is 751 g/mol. The molecule has 0 saturated carbocycles. The third-order valence-electron chi connectivity index (χ3n) is 9.06. The van der Waals surface area contributed by atoms with Crippen LogP contribution < -0.4 is 42.7 Å². The van der Waals surface area contributed by atoms with Crippen LogP contribution in [0.15, 0.2) is 201 Å². The molecule has 0 aliphatic rings.